The molecular weight excluding hydrogens is 222 g/mol. The molecule has 1 unspecified atom stereocenters. The Bertz CT molecular complexity index is 369. The van der Waals surface area contributed by atoms with E-state index in [1.54, 1.807) is 0 Å². The molecule has 100 valence electrons. The minimum Gasteiger partial charge on any atom is -0.490 e. The molecule has 0 saturated heterocycles. The molecule has 2 heteroatoms. The van der Waals surface area contributed by atoms with Crippen molar-refractivity contribution in [1.82, 2.24) is 0 Å². The summed E-state index contributed by atoms with van der Waals surface area (Å²) >= 11 is 0. The van der Waals surface area contributed by atoms with Crippen LogP contribution in [0, 0.1) is 5.92 Å². The van der Waals surface area contributed by atoms with Crippen LogP contribution < -0.4 is 10.5 Å². The van der Waals surface area contributed by atoms with Crippen molar-refractivity contribution in [2.45, 2.75) is 58.1 Å². The molecule has 0 aliphatic heterocycles. The number of hydrogen-bond acceptors (Lipinski definition) is 2. The number of ether oxygens (including phenoxy) is 1. The van der Waals surface area contributed by atoms with Crippen molar-refractivity contribution in [3.05, 3.63) is 29.8 Å². The average molecular weight is 247 g/mol. The first-order valence-electron chi connectivity index (χ1n) is 7.21. The zero-order chi connectivity index (χ0) is 13.0. The minimum absolute atomic E-state index is 0.0868. The molecule has 1 aliphatic rings. The molecule has 1 atom stereocenters. The van der Waals surface area contributed by atoms with Crippen LogP contribution >= 0.6 is 0 Å². The highest BCUT2D eigenvalue weighted by atomic mass is 16.5. The first-order chi connectivity index (χ1) is 8.70. The number of nitrogens with two attached hydrogens (primary N) is 1. The SMILES string of the molecule is CCC(N)c1ccccc1OC1CCC(C)CC1. The molecule has 18 heavy (non-hydrogen) atoms. The van der Waals surface area contributed by atoms with Crippen molar-refractivity contribution in [1.29, 1.82) is 0 Å². The maximum Gasteiger partial charge on any atom is 0.124 e. The minimum atomic E-state index is 0.0868. The van der Waals surface area contributed by atoms with E-state index in [1.165, 1.54) is 25.7 Å². The lowest BCUT2D eigenvalue weighted by molar-refractivity contribution is 0.134. The van der Waals surface area contributed by atoms with Crippen LogP contribution in [0.3, 0.4) is 0 Å². The molecule has 0 amide bonds. The Morgan fingerprint density at radius 1 is 1.22 bits per heavy atom. The zero-order valence-corrected chi connectivity index (χ0v) is 11.6. The lowest BCUT2D eigenvalue weighted by Crippen LogP contribution is -2.24. The van der Waals surface area contributed by atoms with Crippen molar-refractivity contribution < 1.29 is 4.74 Å². The lowest BCUT2D eigenvalue weighted by atomic mass is 9.89. The Morgan fingerprint density at radius 3 is 2.56 bits per heavy atom. The predicted molar refractivity (Wildman–Crippen MR) is 75.7 cm³/mol. The van der Waals surface area contributed by atoms with Crippen LogP contribution in [-0.2, 0) is 0 Å². The molecule has 0 heterocycles. The van der Waals surface area contributed by atoms with Crippen LogP contribution in [0.15, 0.2) is 24.3 Å². The monoisotopic (exact) mass is 247 g/mol. The Kier molecular flexibility index (Phi) is 4.65. The van der Waals surface area contributed by atoms with Crippen molar-refractivity contribution in [2.24, 2.45) is 11.7 Å². The summed E-state index contributed by atoms with van der Waals surface area (Å²) < 4.78 is 6.18. The second kappa shape index (κ2) is 6.24. The number of hydrogen-bond donors (Lipinski definition) is 1. The van der Waals surface area contributed by atoms with Gasteiger partial charge in [-0.2, -0.15) is 0 Å². The summed E-state index contributed by atoms with van der Waals surface area (Å²) in [4.78, 5) is 0. The molecule has 1 aromatic carbocycles. The van der Waals surface area contributed by atoms with E-state index in [2.05, 4.69) is 26.0 Å². The van der Waals surface area contributed by atoms with Gasteiger partial charge >= 0.3 is 0 Å². The van der Waals surface area contributed by atoms with E-state index in [1.807, 2.05) is 12.1 Å². The molecule has 1 aliphatic carbocycles. The Balaban J connectivity index is 2.04. The van der Waals surface area contributed by atoms with Gasteiger partial charge in [0, 0.05) is 11.6 Å². The van der Waals surface area contributed by atoms with Crippen LogP contribution in [0.2, 0.25) is 0 Å². The fraction of sp³-hybridized carbons (Fsp3) is 0.625. The van der Waals surface area contributed by atoms with Gasteiger partial charge in [0.2, 0.25) is 0 Å². The Morgan fingerprint density at radius 2 is 1.89 bits per heavy atom. The van der Waals surface area contributed by atoms with E-state index in [-0.39, 0.29) is 6.04 Å². The van der Waals surface area contributed by atoms with E-state index in [4.69, 9.17) is 10.5 Å². The van der Waals surface area contributed by atoms with E-state index in [0.717, 1.165) is 23.7 Å². The Hall–Kier alpha value is -1.02. The quantitative estimate of drug-likeness (QED) is 0.871. The van der Waals surface area contributed by atoms with E-state index in [9.17, 15) is 0 Å². The molecule has 1 saturated carbocycles. The van der Waals surface area contributed by atoms with Gasteiger partial charge in [-0.1, -0.05) is 32.0 Å². The molecule has 2 N–H and O–H groups in total. The summed E-state index contributed by atoms with van der Waals surface area (Å²) in [6.45, 7) is 4.45. The molecule has 0 bridgehead atoms. The Labute approximate surface area is 111 Å². The summed E-state index contributed by atoms with van der Waals surface area (Å²) in [7, 11) is 0. The van der Waals surface area contributed by atoms with Gasteiger partial charge in [-0.15, -0.1) is 0 Å². The van der Waals surface area contributed by atoms with Gasteiger partial charge < -0.3 is 10.5 Å². The van der Waals surface area contributed by atoms with E-state index >= 15 is 0 Å². The van der Waals surface area contributed by atoms with E-state index in [0.29, 0.717) is 6.10 Å². The molecule has 0 aromatic heterocycles. The van der Waals surface area contributed by atoms with Crippen LogP contribution in [0.1, 0.15) is 57.6 Å². The smallest absolute Gasteiger partial charge is 0.124 e. The maximum atomic E-state index is 6.18. The summed E-state index contributed by atoms with van der Waals surface area (Å²) in [6, 6.07) is 8.31. The molecule has 0 radical (unpaired) electrons. The zero-order valence-electron chi connectivity index (χ0n) is 11.6. The largest absolute Gasteiger partial charge is 0.490 e. The number of rotatable bonds is 4. The maximum absolute atomic E-state index is 6.18. The second-order valence-corrected chi connectivity index (χ2v) is 5.55. The molecule has 1 fully saturated rings. The number of para-hydroxylation sites is 1. The van der Waals surface area contributed by atoms with Gasteiger partial charge in [0.1, 0.15) is 5.75 Å². The molecule has 1 aromatic rings. The first kappa shape index (κ1) is 13.4. The summed E-state index contributed by atoms with van der Waals surface area (Å²) in [5, 5.41) is 0. The summed E-state index contributed by atoms with van der Waals surface area (Å²) in [6.07, 6.45) is 6.25. The molecule has 2 rings (SSSR count). The summed E-state index contributed by atoms with van der Waals surface area (Å²) in [5.74, 6) is 1.85. The van der Waals surface area contributed by atoms with Gasteiger partial charge in [-0.25, -0.2) is 0 Å². The third kappa shape index (κ3) is 3.26. The molecule has 2 nitrogen and oxygen atoms in total. The van der Waals surface area contributed by atoms with Crippen molar-refractivity contribution in [3.8, 4) is 5.75 Å². The van der Waals surface area contributed by atoms with Gasteiger partial charge in [0.15, 0.2) is 0 Å². The van der Waals surface area contributed by atoms with Gasteiger partial charge in [-0.05, 0) is 44.1 Å². The third-order valence-corrected chi connectivity index (χ3v) is 4.01. The van der Waals surface area contributed by atoms with Crippen molar-refractivity contribution in [3.63, 3.8) is 0 Å². The predicted octanol–water partition coefficient (Wildman–Crippen LogP) is 4.05. The van der Waals surface area contributed by atoms with Gasteiger partial charge in [0.05, 0.1) is 6.10 Å². The fourth-order valence-electron chi connectivity index (χ4n) is 2.64. The normalized spacial score (nSPS) is 25.7. The standard InChI is InChI=1S/C16H25NO/c1-3-15(17)14-6-4-5-7-16(14)18-13-10-8-12(2)9-11-13/h4-7,12-13,15H,3,8-11,17H2,1-2H3. The van der Waals surface area contributed by atoms with E-state index < -0.39 is 0 Å². The topological polar surface area (TPSA) is 35.2 Å². The lowest BCUT2D eigenvalue weighted by Gasteiger charge is -2.28. The third-order valence-electron chi connectivity index (χ3n) is 4.01. The van der Waals surface area contributed by atoms with Crippen LogP contribution in [0.5, 0.6) is 5.75 Å². The fourth-order valence-corrected chi connectivity index (χ4v) is 2.64. The van der Waals surface area contributed by atoms with Crippen LogP contribution in [0.4, 0.5) is 0 Å². The number of benzene rings is 1. The molecule has 0 spiro atoms. The van der Waals surface area contributed by atoms with Gasteiger partial charge in [-0.3, -0.25) is 0 Å². The molecular formula is C16H25NO. The van der Waals surface area contributed by atoms with Crippen molar-refractivity contribution in [2.75, 3.05) is 0 Å². The van der Waals surface area contributed by atoms with Crippen LogP contribution in [-0.4, -0.2) is 6.10 Å². The van der Waals surface area contributed by atoms with Crippen LogP contribution in [0.25, 0.3) is 0 Å². The highest BCUT2D eigenvalue weighted by Gasteiger charge is 2.21. The summed E-state index contributed by atoms with van der Waals surface area (Å²) in [5.41, 5.74) is 7.29. The van der Waals surface area contributed by atoms with Gasteiger partial charge in [0.25, 0.3) is 0 Å². The first-order valence-corrected chi connectivity index (χ1v) is 7.21. The highest BCUT2D eigenvalue weighted by molar-refractivity contribution is 5.35. The van der Waals surface area contributed by atoms with Crippen molar-refractivity contribution >= 4 is 0 Å². The second-order valence-electron chi connectivity index (χ2n) is 5.55. The highest BCUT2D eigenvalue weighted by Crippen LogP contribution is 2.31. The average Bonchev–Trinajstić information content (AvgIpc) is 2.41.